The lowest BCUT2D eigenvalue weighted by Crippen LogP contribution is -2.32. The van der Waals surface area contributed by atoms with Gasteiger partial charge in [0.05, 0.1) is 6.54 Å². The number of hydrogen-bond donors (Lipinski definition) is 3. The number of nitrogens with zero attached hydrogens (tertiary/aromatic N) is 1. The SMILES string of the molecule is CNCC(=O)OCc1ccccc1.Cl.N[C@@H](Cc1cccnc1)C(=O)O. The van der Waals surface area contributed by atoms with Gasteiger partial charge < -0.3 is 20.9 Å². The molecule has 0 radical (unpaired) electrons. The van der Waals surface area contributed by atoms with E-state index in [4.69, 9.17) is 15.6 Å². The molecule has 0 bridgehead atoms. The number of carbonyl (C=O) groups excluding carboxylic acids is 1. The first-order chi connectivity index (χ1) is 12.0. The Balaban J connectivity index is 0.000000464. The Morgan fingerprint density at radius 2 is 1.85 bits per heavy atom. The van der Waals surface area contributed by atoms with Gasteiger partial charge in [0, 0.05) is 12.4 Å². The fourth-order valence-electron chi connectivity index (χ4n) is 1.79. The highest BCUT2D eigenvalue weighted by Gasteiger charge is 2.11. The summed E-state index contributed by atoms with van der Waals surface area (Å²) in [6.45, 7) is 0.605. The molecule has 142 valence electrons. The number of benzene rings is 1. The molecule has 4 N–H and O–H groups in total. The number of carbonyl (C=O) groups is 2. The number of ether oxygens (including phenoxy) is 1. The van der Waals surface area contributed by atoms with Crippen LogP contribution in [-0.2, 0) is 27.4 Å². The number of aliphatic carboxylic acids is 1. The number of halogens is 1. The molecule has 2 rings (SSSR count). The summed E-state index contributed by atoms with van der Waals surface area (Å²) in [7, 11) is 1.71. The highest BCUT2D eigenvalue weighted by Crippen LogP contribution is 2.00. The molecule has 0 fully saturated rings. The third kappa shape index (κ3) is 10.4. The lowest BCUT2D eigenvalue weighted by atomic mass is 10.1. The molecule has 0 aliphatic heterocycles. The molecule has 1 atom stereocenters. The van der Waals surface area contributed by atoms with Crippen molar-refractivity contribution in [3.05, 3.63) is 66.0 Å². The van der Waals surface area contributed by atoms with Crippen molar-refractivity contribution in [1.29, 1.82) is 0 Å². The monoisotopic (exact) mass is 381 g/mol. The number of carboxylic acid groups (broad SMARTS) is 1. The summed E-state index contributed by atoms with van der Waals surface area (Å²) in [5, 5.41) is 11.2. The van der Waals surface area contributed by atoms with Gasteiger partial charge in [0.25, 0.3) is 0 Å². The first kappa shape index (κ1) is 23.5. The van der Waals surface area contributed by atoms with Gasteiger partial charge in [-0.1, -0.05) is 36.4 Å². The second-order valence-corrected chi connectivity index (χ2v) is 5.19. The van der Waals surface area contributed by atoms with E-state index < -0.39 is 12.0 Å². The molecule has 0 unspecified atom stereocenters. The highest BCUT2D eigenvalue weighted by atomic mass is 35.5. The molecule has 1 aromatic carbocycles. The Morgan fingerprint density at radius 3 is 2.38 bits per heavy atom. The van der Waals surface area contributed by atoms with Crippen LogP contribution in [0.4, 0.5) is 0 Å². The topological polar surface area (TPSA) is 115 Å². The molecule has 7 nitrogen and oxygen atoms in total. The third-order valence-electron chi connectivity index (χ3n) is 3.06. The predicted molar refractivity (Wildman–Crippen MR) is 101 cm³/mol. The first-order valence-electron chi connectivity index (χ1n) is 7.74. The summed E-state index contributed by atoms with van der Waals surface area (Å²) < 4.78 is 4.97. The Bertz CT molecular complexity index is 641. The number of carboxylic acids is 1. The van der Waals surface area contributed by atoms with Crippen LogP contribution in [-0.4, -0.2) is 41.7 Å². The Morgan fingerprint density at radius 1 is 1.19 bits per heavy atom. The van der Waals surface area contributed by atoms with E-state index in [-0.39, 0.29) is 24.9 Å². The molecule has 1 heterocycles. The van der Waals surface area contributed by atoms with E-state index in [1.165, 1.54) is 0 Å². The zero-order valence-electron chi connectivity index (χ0n) is 14.5. The van der Waals surface area contributed by atoms with Crippen LogP contribution in [0.25, 0.3) is 0 Å². The summed E-state index contributed by atoms with van der Waals surface area (Å²) in [6.07, 6.45) is 3.57. The van der Waals surface area contributed by atoms with Gasteiger partial charge >= 0.3 is 11.9 Å². The minimum atomic E-state index is -0.987. The molecular formula is C18H24ClN3O4. The quantitative estimate of drug-likeness (QED) is 0.621. The summed E-state index contributed by atoms with van der Waals surface area (Å²) in [5.41, 5.74) is 7.17. The number of aromatic nitrogens is 1. The molecule has 0 spiro atoms. The van der Waals surface area contributed by atoms with Crippen LogP contribution < -0.4 is 11.1 Å². The predicted octanol–water partition coefficient (Wildman–Crippen LogP) is 1.41. The van der Waals surface area contributed by atoms with Crippen molar-refractivity contribution < 1.29 is 19.4 Å². The largest absolute Gasteiger partial charge is 0.480 e. The number of likely N-dealkylation sites (N-methyl/N-ethyl adjacent to an activating group) is 1. The number of nitrogens with one attached hydrogen (secondary N) is 1. The number of rotatable bonds is 7. The summed E-state index contributed by atoms with van der Waals surface area (Å²) >= 11 is 0. The Hall–Kier alpha value is -2.48. The highest BCUT2D eigenvalue weighted by molar-refractivity contribution is 5.85. The molecule has 8 heteroatoms. The van der Waals surface area contributed by atoms with Crippen LogP contribution in [0.1, 0.15) is 11.1 Å². The van der Waals surface area contributed by atoms with Crippen molar-refractivity contribution >= 4 is 24.3 Å². The minimum Gasteiger partial charge on any atom is -0.480 e. The van der Waals surface area contributed by atoms with E-state index in [2.05, 4.69) is 10.3 Å². The average Bonchev–Trinajstić information content (AvgIpc) is 2.62. The van der Waals surface area contributed by atoms with E-state index in [0.29, 0.717) is 13.0 Å². The van der Waals surface area contributed by atoms with Crippen LogP contribution in [0.2, 0.25) is 0 Å². The third-order valence-corrected chi connectivity index (χ3v) is 3.06. The van der Waals surface area contributed by atoms with Crippen molar-refractivity contribution in [3.63, 3.8) is 0 Å². The molecule has 0 saturated heterocycles. The van der Waals surface area contributed by atoms with Crippen molar-refractivity contribution in [2.45, 2.75) is 19.1 Å². The maximum Gasteiger partial charge on any atom is 0.320 e. The van der Waals surface area contributed by atoms with Gasteiger partial charge in [-0.25, -0.2) is 0 Å². The van der Waals surface area contributed by atoms with Crippen LogP contribution in [0.15, 0.2) is 54.9 Å². The molecule has 0 aliphatic carbocycles. The van der Waals surface area contributed by atoms with Gasteiger partial charge in [-0.15, -0.1) is 12.4 Å². The maximum atomic E-state index is 10.9. The molecule has 1 aromatic heterocycles. The average molecular weight is 382 g/mol. The van der Waals surface area contributed by atoms with Crippen molar-refractivity contribution in [3.8, 4) is 0 Å². The van der Waals surface area contributed by atoms with Gasteiger partial charge in [-0.2, -0.15) is 0 Å². The van der Waals surface area contributed by atoms with Crippen LogP contribution in [0.5, 0.6) is 0 Å². The van der Waals surface area contributed by atoms with Crippen LogP contribution in [0, 0.1) is 0 Å². The van der Waals surface area contributed by atoms with Crippen molar-refractivity contribution in [1.82, 2.24) is 10.3 Å². The lowest BCUT2D eigenvalue weighted by Gasteiger charge is -2.04. The number of nitrogens with two attached hydrogens (primary N) is 1. The van der Waals surface area contributed by atoms with Gasteiger partial charge in [-0.05, 0) is 30.7 Å². The Labute approximate surface area is 159 Å². The lowest BCUT2D eigenvalue weighted by molar-refractivity contribution is -0.143. The molecule has 0 amide bonds. The first-order valence-corrected chi connectivity index (χ1v) is 7.74. The molecular weight excluding hydrogens is 358 g/mol. The smallest absolute Gasteiger partial charge is 0.320 e. The summed E-state index contributed by atoms with van der Waals surface area (Å²) in [6, 6.07) is 12.3. The Kier molecular flexibility index (Phi) is 12.5. The van der Waals surface area contributed by atoms with E-state index in [9.17, 15) is 9.59 Å². The second-order valence-electron chi connectivity index (χ2n) is 5.19. The summed E-state index contributed by atoms with van der Waals surface area (Å²) in [5.74, 6) is -1.22. The van der Waals surface area contributed by atoms with E-state index in [0.717, 1.165) is 11.1 Å². The minimum absolute atomic E-state index is 0. The van der Waals surface area contributed by atoms with E-state index in [1.807, 2.05) is 30.3 Å². The fraction of sp³-hybridized carbons (Fsp3) is 0.278. The van der Waals surface area contributed by atoms with Gasteiger partial charge in [-0.3, -0.25) is 14.6 Å². The van der Waals surface area contributed by atoms with Crippen molar-refractivity contribution in [2.24, 2.45) is 5.73 Å². The normalized spacial score (nSPS) is 10.5. The van der Waals surface area contributed by atoms with E-state index >= 15 is 0 Å². The molecule has 0 saturated carbocycles. The second kappa shape index (κ2) is 13.8. The zero-order valence-corrected chi connectivity index (χ0v) is 15.3. The van der Waals surface area contributed by atoms with Crippen LogP contribution >= 0.6 is 12.4 Å². The number of pyridine rings is 1. The summed E-state index contributed by atoms with van der Waals surface area (Å²) in [4.78, 5) is 25.1. The van der Waals surface area contributed by atoms with E-state index in [1.54, 1.807) is 31.6 Å². The van der Waals surface area contributed by atoms with Gasteiger partial charge in [0.15, 0.2) is 0 Å². The standard InChI is InChI=1S/C10H13NO2.C8H10N2O2.ClH/c1-11-7-10(12)13-8-9-5-3-2-4-6-9;9-7(8(11)12)4-6-2-1-3-10-5-6;/h2-6,11H,7-8H2,1H3;1-3,5,7H,4,9H2,(H,11,12);1H/t;7-;/m.0./s1. The van der Waals surface area contributed by atoms with Crippen molar-refractivity contribution in [2.75, 3.05) is 13.6 Å². The number of esters is 1. The fourth-order valence-corrected chi connectivity index (χ4v) is 1.79. The van der Waals surface area contributed by atoms with Crippen LogP contribution in [0.3, 0.4) is 0 Å². The van der Waals surface area contributed by atoms with Gasteiger partial charge in [0.2, 0.25) is 0 Å². The molecule has 2 aromatic rings. The molecule has 26 heavy (non-hydrogen) atoms. The van der Waals surface area contributed by atoms with Gasteiger partial charge in [0.1, 0.15) is 12.6 Å². The molecule has 0 aliphatic rings. The zero-order chi connectivity index (χ0) is 18.5. The maximum absolute atomic E-state index is 10.9. The number of hydrogen-bond acceptors (Lipinski definition) is 6.